The summed E-state index contributed by atoms with van der Waals surface area (Å²) in [6.45, 7) is 4.32. The van der Waals surface area contributed by atoms with Crippen molar-refractivity contribution in [2.45, 2.75) is 19.8 Å². The van der Waals surface area contributed by atoms with Crippen LogP contribution < -0.4 is 5.73 Å². The number of nitrogens with two attached hydrogens (primary N) is 1. The lowest BCUT2D eigenvalue weighted by molar-refractivity contribution is 0.618. The third kappa shape index (κ3) is 2.31. The van der Waals surface area contributed by atoms with Gasteiger partial charge in [0.1, 0.15) is 5.52 Å². The molecule has 0 aliphatic heterocycles. The third-order valence-corrected chi connectivity index (χ3v) is 3.86. The molecule has 102 valence electrons. The van der Waals surface area contributed by atoms with Crippen LogP contribution >= 0.6 is 15.9 Å². The Morgan fingerprint density at radius 1 is 1.20 bits per heavy atom. The monoisotopic (exact) mass is 330 g/mol. The van der Waals surface area contributed by atoms with Gasteiger partial charge >= 0.3 is 0 Å². The number of fused-ring (bicyclic) bond motifs is 1. The lowest BCUT2D eigenvalue weighted by Gasteiger charge is -2.04. The molecule has 0 saturated heterocycles. The molecule has 0 bridgehead atoms. The quantitative estimate of drug-likeness (QED) is 0.675. The van der Waals surface area contributed by atoms with Crippen LogP contribution in [-0.4, -0.2) is 4.98 Å². The summed E-state index contributed by atoms with van der Waals surface area (Å²) in [7, 11) is 0. The summed E-state index contributed by atoms with van der Waals surface area (Å²) < 4.78 is 6.79. The SMILES string of the molecule is CC(C)c1cc(Br)c2oc(-c3cccc(N)c3)nc2c1. The molecule has 0 aliphatic carbocycles. The van der Waals surface area contributed by atoms with Crippen LogP contribution in [0.2, 0.25) is 0 Å². The standard InChI is InChI=1S/C16H15BrN2O/c1-9(2)11-7-13(17)15-14(8-11)19-16(20-15)10-4-3-5-12(18)6-10/h3-9H,18H2,1-2H3. The molecule has 0 aliphatic rings. The van der Waals surface area contributed by atoms with Crippen molar-refractivity contribution in [2.75, 3.05) is 5.73 Å². The molecular weight excluding hydrogens is 316 g/mol. The molecule has 4 heteroatoms. The van der Waals surface area contributed by atoms with Crippen molar-refractivity contribution < 1.29 is 4.42 Å². The second-order valence-corrected chi connectivity index (χ2v) is 6.00. The van der Waals surface area contributed by atoms with Crippen LogP contribution in [0.5, 0.6) is 0 Å². The molecule has 3 nitrogen and oxygen atoms in total. The normalized spacial score (nSPS) is 11.4. The van der Waals surface area contributed by atoms with Gasteiger partial charge in [0.2, 0.25) is 5.89 Å². The van der Waals surface area contributed by atoms with Crippen LogP contribution in [0, 0.1) is 0 Å². The van der Waals surface area contributed by atoms with Crippen molar-refractivity contribution in [2.24, 2.45) is 0 Å². The lowest BCUT2D eigenvalue weighted by Crippen LogP contribution is -1.87. The van der Waals surface area contributed by atoms with Gasteiger partial charge in [0, 0.05) is 11.3 Å². The predicted octanol–water partition coefficient (Wildman–Crippen LogP) is 4.96. The Bertz CT molecular complexity index is 777. The second-order valence-electron chi connectivity index (χ2n) is 5.15. The average molecular weight is 331 g/mol. The minimum atomic E-state index is 0.447. The molecule has 0 saturated carbocycles. The number of benzene rings is 2. The van der Waals surface area contributed by atoms with E-state index >= 15 is 0 Å². The van der Waals surface area contributed by atoms with Crippen molar-refractivity contribution in [1.82, 2.24) is 4.98 Å². The Hall–Kier alpha value is -1.81. The van der Waals surface area contributed by atoms with Crippen LogP contribution in [0.15, 0.2) is 45.3 Å². The Balaban J connectivity index is 2.18. The number of rotatable bonds is 2. The largest absolute Gasteiger partial charge is 0.435 e. The highest BCUT2D eigenvalue weighted by Crippen LogP contribution is 2.32. The van der Waals surface area contributed by atoms with E-state index in [1.807, 2.05) is 24.3 Å². The maximum Gasteiger partial charge on any atom is 0.227 e. The number of nitrogens with zero attached hydrogens (tertiary/aromatic N) is 1. The van der Waals surface area contributed by atoms with Gasteiger partial charge in [0.15, 0.2) is 5.58 Å². The number of hydrogen-bond acceptors (Lipinski definition) is 3. The van der Waals surface area contributed by atoms with Gasteiger partial charge in [0.25, 0.3) is 0 Å². The van der Waals surface area contributed by atoms with E-state index in [1.165, 1.54) is 5.56 Å². The Kier molecular flexibility index (Phi) is 3.26. The fraction of sp³-hybridized carbons (Fsp3) is 0.188. The van der Waals surface area contributed by atoms with E-state index < -0.39 is 0 Å². The molecule has 0 spiro atoms. The van der Waals surface area contributed by atoms with E-state index in [4.69, 9.17) is 10.2 Å². The highest BCUT2D eigenvalue weighted by molar-refractivity contribution is 9.10. The molecule has 3 rings (SSSR count). The highest BCUT2D eigenvalue weighted by atomic mass is 79.9. The molecule has 1 aromatic heterocycles. The van der Waals surface area contributed by atoms with Crippen molar-refractivity contribution in [3.8, 4) is 11.5 Å². The number of halogens is 1. The number of anilines is 1. The molecule has 2 N–H and O–H groups in total. The number of hydrogen-bond donors (Lipinski definition) is 1. The van der Waals surface area contributed by atoms with E-state index in [1.54, 1.807) is 0 Å². The molecule has 2 aromatic carbocycles. The molecule has 0 fully saturated rings. The highest BCUT2D eigenvalue weighted by Gasteiger charge is 2.13. The number of nitrogen functional groups attached to an aromatic ring is 1. The van der Waals surface area contributed by atoms with E-state index in [0.717, 1.165) is 21.1 Å². The van der Waals surface area contributed by atoms with Crippen LogP contribution in [0.4, 0.5) is 5.69 Å². The fourth-order valence-electron chi connectivity index (χ4n) is 2.14. The first-order chi connectivity index (χ1) is 9.54. The average Bonchev–Trinajstić information content (AvgIpc) is 2.83. The van der Waals surface area contributed by atoms with Crippen LogP contribution in [0.3, 0.4) is 0 Å². The zero-order valence-electron chi connectivity index (χ0n) is 11.4. The van der Waals surface area contributed by atoms with Crippen LogP contribution in [-0.2, 0) is 0 Å². The minimum absolute atomic E-state index is 0.447. The van der Waals surface area contributed by atoms with Gasteiger partial charge in [-0.3, -0.25) is 0 Å². The van der Waals surface area contributed by atoms with Crippen molar-refractivity contribution in [1.29, 1.82) is 0 Å². The van der Waals surface area contributed by atoms with Crippen LogP contribution in [0.25, 0.3) is 22.6 Å². The summed E-state index contributed by atoms with van der Waals surface area (Å²) in [6, 6.07) is 11.7. The summed E-state index contributed by atoms with van der Waals surface area (Å²) in [5, 5.41) is 0. The molecule has 1 heterocycles. The maximum absolute atomic E-state index is 5.86. The smallest absolute Gasteiger partial charge is 0.227 e. The van der Waals surface area contributed by atoms with Crippen molar-refractivity contribution in [3.05, 3.63) is 46.4 Å². The van der Waals surface area contributed by atoms with E-state index in [2.05, 4.69) is 46.9 Å². The Morgan fingerprint density at radius 2 is 2.00 bits per heavy atom. The van der Waals surface area contributed by atoms with Crippen molar-refractivity contribution in [3.63, 3.8) is 0 Å². The van der Waals surface area contributed by atoms with Gasteiger partial charge < -0.3 is 10.2 Å². The minimum Gasteiger partial charge on any atom is -0.435 e. The first-order valence-electron chi connectivity index (χ1n) is 6.50. The Morgan fingerprint density at radius 3 is 2.70 bits per heavy atom. The first-order valence-corrected chi connectivity index (χ1v) is 7.30. The summed E-state index contributed by atoms with van der Waals surface area (Å²) in [5.74, 6) is 1.04. The van der Waals surface area contributed by atoms with Crippen molar-refractivity contribution >= 4 is 32.7 Å². The zero-order chi connectivity index (χ0) is 14.3. The maximum atomic E-state index is 5.86. The summed E-state index contributed by atoms with van der Waals surface area (Å²) in [4.78, 5) is 4.58. The topological polar surface area (TPSA) is 52.0 Å². The second kappa shape index (κ2) is 4.94. The van der Waals surface area contributed by atoms with E-state index in [0.29, 0.717) is 17.5 Å². The van der Waals surface area contributed by atoms with Gasteiger partial charge in [-0.2, -0.15) is 0 Å². The summed E-state index contributed by atoms with van der Waals surface area (Å²) >= 11 is 3.56. The van der Waals surface area contributed by atoms with Gasteiger partial charge in [-0.25, -0.2) is 4.98 Å². The molecule has 20 heavy (non-hydrogen) atoms. The van der Waals surface area contributed by atoms with E-state index in [9.17, 15) is 0 Å². The van der Waals surface area contributed by atoms with Crippen LogP contribution in [0.1, 0.15) is 25.3 Å². The molecular formula is C16H15BrN2O. The number of oxazole rings is 1. The summed E-state index contributed by atoms with van der Waals surface area (Å²) in [6.07, 6.45) is 0. The number of aromatic nitrogens is 1. The predicted molar refractivity (Wildman–Crippen MR) is 85.6 cm³/mol. The summed E-state index contributed by atoms with van der Waals surface area (Å²) in [5.41, 5.74) is 10.3. The Labute approximate surface area is 125 Å². The lowest BCUT2D eigenvalue weighted by atomic mass is 10.0. The molecule has 0 atom stereocenters. The van der Waals surface area contributed by atoms with E-state index in [-0.39, 0.29) is 0 Å². The molecule has 0 radical (unpaired) electrons. The van der Waals surface area contributed by atoms with Gasteiger partial charge in [-0.1, -0.05) is 19.9 Å². The zero-order valence-corrected chi connectivity index (χ0v) is 12.9. The van der Waals surface area contributed by atoms with Gasteiger partial charge in [-0.15, -0.1) is 0 Å². The third-order valence-electron chi connectivity index (χ3n) is 3.27. The van der Waals surface area contributed by atoms with Gasteiger partial charge in [0.05, 0.1) is 4.47 Å². The molecule has 0 unspecified atom stereocenters. The van der Waals surface area contributed by atoms with Gasteiger partial charge in [-0.05, 0) is 57.7 Å². The fourth-order valence-corrected chi connectivity index (χ4v) is 2.69. The first kappa shape index (κ1) is 13.2. The molecule has 0 amide bonds. The molecule has 3 aromatic rings.